The second-order valence-electron chi connectivity index (χ2n) is 17.2. The van der Waals surface area contributed by atoms with E-state index >= 15 is 0 Å². The number of fused-ring (bicyclic) bond motifs is 2. The van der Waals surface area contributed by atoms with Gasteiger partial charge in [0.05, 0.1) is 28.0 Å². The Morgan fingerprint density at radius 3 is 1.39 bits per heavy atom. The minimum absolute atomic E-state index is 0. The molecule has 4 heterocycles. The third kappa shape index (κ3) is 10.4. The van der Waals surface area contributed by atoms with Crippen LogP contribution >= 0.6 is 0 Å². The maximum atomic E-state index is 12.7. The molecule has 0 amide bonds. The van der Waals surface area contributed by atoms with Crippen molar-refractivity contribution in [2.45, 2.75) is 94.9 Å². The van der Waals surface area contributed by atoms with Gasteiger partial charge in [0, 0.05) is 43.9 Å². The molecule has 0 bridgehead atoms. The van der Waals surface area contributed by atoms with Gasteiger partial charge in [0.15, 0.2) is 17.1 Å². The predicted octanol–water partition coefficient (Wildman–Crippen LogP) is 5.02. The number of halogens is 1. The molecule has 296 valence electrons. The van der Waals surface area contributed by atoms with E-state index in [1.807, 2.05) is 74.5 Å². The number of rotatable bonds is 6. The van der Waals surface area contributed by atoms with Crippen LogP contribution < -0.4 is 28.4 Å². The van der Waals surface area contributed by atoms with E-state index < -0.39 is 5.60 Å². The molecule has 2 aromatic carbocycles. The number of carbonyl (C=O) groups excluding carboxylic acids is 1. The summed E-state index contributed by atoms with van der Waals surface area (Å²) < 4.78 is 6.81. The molecule has 0 spiro atoms. The van der Waals surface area contributed by atoms with Crippen LogP contribution in [0.4, 0.5) is 0 Å². The van der Waals surface area contributed by atoms with E-state index in [4.69, 9.17) is 9.97 Å². The first kappa shape index (κ1) is 48.3. The van der Waals surface area contributed by atoms with Gasteiger partial charge < -0.3 is 29.5 Å². The second-order valence-corrected chi connectivity index (χ2v) is 17.2. The van der Waals surface area contributed by atoms with Gasteiger partial charge in [-0.15, -0.1) is 0 Å². The number of aliphatic hydroxyl groups is 1. The number of aryl methyl sites for hydroxylation is 4. The first-order valence-corrected chi connectivity index (χ1v) is 18.1. The smallest absolute Gasteiger partial charge is 1.00 e. The second kappa shape index (κ2) is 17.7. The van der Waals surface area contributed by atoms with Crippen molar-refractivity contribution in [1.29, 1.82) is 0 Å². The molecule has 0 aliphatic carbocycles. The molecule has 12 heteroatoms. The molecular formula is C44H57BrMgN6O4. The molecule has 4 aromatic heterocycles. The fraction of sp³-hybridized carbons (Fsp3) is 0.409. The average Bonchev–Trinajstić information content (AvgIpc) is 3.42. The minimum Gasteiger partial charge on any atom is -1.00 e. The molecule has 0 fully saturated rings. The molecule has 56 heavy (non-hydrogen) atoms. The first-order valence-electron chi connectivity index (χ1n) is 18.1. The van der Waals surface area contributed by atoms with Crippen molar-refractivity contribution < 1.29 is 26.9 Å². The summed E-state index contributed by atoms with van der Waals surface area (Å²) in [6.45, 7) is 23.1. The van der Waals surface area contributed by atoms with E-state index in [1.165, 1.54) is 0 Å². The minimum atomic E-state index is -0.880. The molecule has 0 aliphatic heterocycles. The SMILES string of the molecule is CC(=O)c1ccc(-c2ccc3c(n2)n(C)c(=O)n3CC(C)(C)C)c(C)c1.Cc1cc(C(C)(C)O)ccc1-c1ccc2c(n1)n(C)c(=O)n2CC(C)(C)C.[Br-].[CH3-].[Mg+2]. The van der Waals surface area contributed by atoms with Crippen molar-refractivity contribution in [3.05, 3.63) is 111 Å². The zero-order valence-corrected chi connectivity index (χ0v) is 38.6. The van der Waals surface area contributed by atoms with Crippen LogP contribution in [0.2, 0.25) is 0 Å². The fourth-order valence-corrected chi connectivity index (χ4v) is 6.60. The number of hydrogen-bond acceptors (Lipinski definition) is 6. The van der Waals surface area contributed by atoms with E-state index in [9.17, 15) is 19.5 Å². The number of benzene rings is 2. The Balaban J connectivity index is 0.000000367. The van der Waals surface area contributed by atoms with E-state index in [1.54, 1.807) is 53.1 Å². The van der Waals surface area contributed by atoms with Gasteiger partial charge in [0.2, 0.25) is 0 Å². The molecular weight excluding hydrogens is 781 g/mol. The van der Waals surface area contributed by atoms with Gasteiger partial charge in [-0.25, -0.2) is 19.6 Å². The molecule has 0 saturated heterocycles. The molecule has 0 unspecified atom stereocenters. The number of carbonyl (C=O) groups is 1. The molecule has 10 nitrogen and oxygen atoms in total. The van der Waals surface area contributed by atoms with Crippen LogP contribution in [-0.2, 0) is 32.8 Å². The molecule has 0 radical (unpaired) electrons. The molecule has 6 aromatic rings. The normalized spacial score (nSPS) is 11.7. The van der Waals surface area contributed by atoms with Gasteiger partial charge in [-0.2, -0.15) is 0 Å². The van der Waals surface area contributed by atoms with Crippen molar-refractivity contribution in [2.24, 2.45) is 24.9 Å². The summed E-state index contributed by atoms with van der Waals surface area (Å²) >= 11 is 0. The topological polar surface area (TPSA) is 117 Å². The van der Waals surface area contributed by atoms with Gasteiger partial charge in [0.1, 0.15) is 0 Å². The summed E-state index contributed by atoms with van der Waals surface area (Å²) in [5, 5.41) is 10.2. The number of Topliss-reactive ketones (excluding diaryl/α,β-unsaturated/α-hetero) is 1. The van der Waals surface area contributed by atoms with Crippen LogP contribution in [0, 0.1) is 32.1 Å². The Bertz CT molecular complexity index is 2490. The number of aromatic nitrogens is 6. The standard InChI is InChI=1S/C22H29N3O2.C21H25N3O2.CH3.BrH.Mg/c1-14-12-15(22(5,6)27)8-9-16(14)17-10-11-18-19(23-17)24(7)20(26)25(18)13-21(2,3)4;1-13-11-15(14(2)25)7-8-16(13)17-9-10-18-19(22-17)23(6)20(26)24(18)12-21(3,4)5;;;/h8-12,27H,13H2,1-7H3;7-11H,12H2,1-6H3;1H3;1H;/q;;-1;;+2/p-1. The molecule has 0 atom stereocenters. The molecule has 0 saturated carbocycles. The van der Waals surface area contributed by atoms with Crippen LogP contribution in [0.1, 0.15) is 89.4 Å². The van der Waals surface area contributed by atoms with Crippen LogP contribution in [0.3, 0.4) is 0 Å². The van der Waals surface area contributed by atoms with E-state index in [0.717, 1.165) is 50.2 Å². The van der Waals surface area contributed by atoms with Crippen molar-refractivity contribution in [1.82, 2.24) is 28.2 Å². The van der Waals surface area contributed by atoms with Crippen LogP contribution in [0.15, 0.2) is 70.3 Å². The van der Waals surface area contributed by atoms with Crippen LogP contribution in [-0.4, -0.2) is 62.2 Å². The largest absolute Gasteiger partial charge is 2.00 e. The Kier molecular flexibility index (Phi) is 15.3. The molecule has 6 rings (SSSR count). The van der Waals surface area contributed by atoms with Gasteiger partial charge in [-0.05, 0) is 92.5 Å². The van der Waals surface area contributed by atoms with Gasteiger partial charge in [-0.1, -0.05) is 71.9 Å². The van der Waals surface area contributed by atoms with Crippen LogP contribution in [0.25, 0.3) is 44.8 Å². The Hall–Kier alpha value is -3.84. The zero-order valence-electron chi connectivity index (χ0n) is 35.6. The van der Waals surface area contributed by atoms with Crippen molar-refractivity contribution >= 4 is 51.2 Å². The number of nitrogens with zero attached hydrogens (tertiary/aromatic N) is 6. The molecule has 1 N–H and O–H groups in total. The summed E-state index contributed by atoms with van der Waals surface area (Å²) in [6, 6.07) is 19.4. The maximum absolute atomic E-state index is 12.7. The van der Waals surface area contributed by atoms with E-state index in [-0.39, 0.29) is 75.5 Å². The third-order valence-electron chi connectivity index (χ3n) is 9.34. The summed E-state index contributed by atoms with van der Waals surface area (Å²) in [7, 11) is 3.52. The Labute approximate surface area is 357 Å². The summed E-state index contributed by atoms with van der Waals surface area (Å²) in [5.41, 5.74) is 9.26. The summed E-state index contributed by atoms with van der Waals surface area (Å²) in [5.74, 6) is 0.0460. The van der Waals surface area contributed by atoms with E-state index in [2.05, 4.69) is 41.5 Å². The Morgan fingerprint density at radius 1 is 0.661 bits per heavy atom. The van der Waals surface area contributed by atoms with Gasteiger partial charge >= 0.3 is 34.4 Å². The number of pyridine rings is 2. The predicted molar refractivity (Wildman–Crippen MR) is 227 cm³/mol. The Morgan fingerprint density at radius 2 is 1.05 bits per heavy atom. The van der Waals surface area contributed by atoms with E-state index in [0.29, 0.717) is 29.9 Å². The number of hydrogen-bond donors (Lipinski definition) is 1. The van der Waals surface area contributed by atoms with Crippen molar-refractivity contribution in [2.75, 3.05) is 0 Å². The number of ketones is 1. The third-order valence-corrected chi connectivity index (χ3v) is 9.34. The van der Waals surface area contributed by atoms with Crippen molar-refractivity contribution in [3.63, 3.8) is 0 Å². The quantitative estimate of drug-likeness (QED) is 0.143. The molecule has 0 aliphatic rings. The first-order chi connectivity index (χ1) is 24.5. The maximum Gasteiger partial charge on any atom is 2.00 e. The van der Waals surface area contributed by atoms with Gasteiger partial charge in [0.25, 0.3) is 0 Å². The summed E-state index contributed by atoms with van der Waals surface area (Å²) in [6.07, 6.45) is 0. The van der Waals surface area contributed by atoms with Gasteiger partial charge in [-0.3, -0.25) is 23.1 Å². The van der Waals surface area contributed by atoms with Crippen molar-refractivity contribution in [3.8, 4) is 22.5 Å². The average molecular weight is 838 g/mol. The monoisotopic (exact) mass is 836 g/mol. The zero-order chi connectivity index (χ0) is 39.4. The summed E-state index contributed by atoms with van der Waals surface area (Å²) in [4.78, 5) is 46.4. The number of imidazole rings is 2. The fourth-order valence-electron chi connectivity index (χ4n) is 6.60. The van der Waals surface area contributed by atoms with Crippen LogP contribution in [0.5, 0.6) is 0 Å².